The van der Waals surface area contributed by atoms with Crippen molar-refractivity contribution in [2.75, 3.05) is 0 Å². The van der Waals surface area contributed by atoms with Crippen LogP contribution < -0.4 is 22.4 Å². The molecule has 0 unspecified atom stereocenters. The van der Waals surface area contributed by atoms with E-state index in [0.29, 0.717) is 59.8 Å². The molecule has 8 heterocycles. The van der Waals surface area contributed by atoms with E-state index in [1.54, 1.807) is 116 Å². The number of hydrogen-bond acceptors (Lipinski definition) is 18. The predicted molar refractivity (Wildman–Crippen MR) is 355 cm³/mol. The summed E-state index contributed by atoms with van der Waals surface area (Å²) in [5.74, 6) is 0.0430. The highest BCUT2D eigenvalue weighted by Crippen LogP contribution is 2.25. The first-order valence-electron chi connectivity index (χ1n) is 26.3. The summed E-state index contributed by atoms with van der Waals surface area (Å²) in [7, 11) is -2.89. The van der Waals surface area contributed by atoms with Gasteiger partial charge in [-0.3, -0.25) is 35.7 Å². The highest BCUT2D eigenvalue weighted by molar-refractivity contribution is 9.10. The molecule has 0 fully saturated rings. The van der Waals surface area contributed by atoms with E-state index in [4.69, 9.17) is 81.6 Å². The van der Waals surface area contributed by atoms with Crippen molar-refractivity contribution in [1.29, 1.82) is 31.9 Å². The molecule has 8 aromatic heterocycles. The van der Waals surface area contributed by atoms with Gasteiger partial charge in [-0.2, -0.15) is 21.0 Å². The molecular weight excluding hydrogens is 1300 g/mol. The van der Waals surface area contributed by atoms with Crippen molar-refractivity contribution in [3.63, 3.8) is 0 Å². The van der Waals surface area contributed by atoms with Gasteiger partial charge in [-0.05, 0) is 146 Å². The van der Waals surface area contributed by atoms with Gasteiger partial charge in [0, 0.05) is 88.4 Å². The lowest BCUT2D eigenvalue weighted by Crippen LogP contribution is -2.29. The summed E-state index contributed by atoms with van der Waals surface area (Å²) in [5.41, 5.74) is 24.3. The first kappa shape index (κ1) is 68.6. The van der Waals surface area contributed by atoms with E-state index in [0.717, 1.165) is 60.9 Å². The Morgan fingerprint density at radius 3 is 1.08 bits per heavy atom. The molecular formula is C65H46B2Br2ClN17O4. The first-order valence-corrected chi connectivity index (χ1v) is 28.2. The molecule has 0 saturated heterocycles. The molecule has 91 heavy (non-hydrogen) atoms. The number of halogens is 3. The summed E-state index contributed by atoms with van der Waals surface area (Å²) < 4.78 is 1.43. The number of nitrogens with one attached hydrogen (secondary N) is 2. The maximum Gasteiger partial charge on any atom is 0.490 e. The van der Waals surface area contributed by atoms with E-state index in [9.17, 15) is 0 Å². The highest BCUT2D eigenvalue weighted by Gasteiger charge is 2.11. The van der Waals surface area contributed by atoms with Crippen molar-refractivity contribution in [3.05, 3.63) is 279 Å². The molecule has 21 nitrogen and oxygen atoms in total. The lowest BCUT2D eigenvalue weighted by molar-refractivity contribution is 0.424. The van der Waals surface area contributed by atoms with Crippen LogP contribution in [0, 0.1) is 62.7 Å². The number of benzene rings is 3. The fraction of sp³-hybridized carbons (Fsp3) is 0. The minimum Gasteiger partial charge on any atom is -0.423 e. The van der Waals surface area contributed by atoms with E-state index < -0.39 is 14.2 Å². The second-order valence-electron chi connectivity index (χ2n) is 18.2. The Labute approximate surface area is 545 Å². The summed E-state index contributed by atoms with van der Waals surface area (Å²) in [5, 5.41) is 83.9. The van der Waals surface area contributed by atoms with Crippen LogP contribution >= 0.6 is 43.5 Å². The van der Waals surface area contributed by atoms with Crippen LogP contribution in [0.5, 0.6) is 0 Å². The number of aromatic nitrogens is 8. The lowest BCUT2D eigenvalue weighted by atomic mass is 9.80. The van der Waals surface area contributed by atoms with Crippen molar-refractivity contribution in [3.8, 4) is 80.6 Å². The van der Waals surface area contributed by atoms with Gasteiger partial charge in [-0.1, -0.05) is 78.3 Å². The molecule has 0 radical (unpaired) electrons. The molecule has 442 valence electrons. The van der Waals surface area contributed by atoms with Crippen molar-refractivity contribution >= 4 is 86.0 Å². The number of nitrogen functional groups attached to an aromatic ring is 2. The normalized spacial score (nSPS) is 9.60. The van der Waals surface area contributed by atoms with Gasteiger partial charge in [0.25, 0.3) is 0 Å². The van der Waals surface area contributed by atoms with Crippen LogP contribution in [0.1, 0.15) is 33.4 Å². The number of amidine groups is 2. The minimum absolute atomic E-state index is 0.00321. The number of nitriles is 4. The average molecular weight is 1350 g/mol. The van der Waals surface area contributed by atoms with Gasteiger partial charge in [-0.25, -0.2) is 19.8 Å². The quantitative estimate of drug-likeness (QED) is 0.0219. The molecule has 0 aliphatic rings. The number of pyridine rings is 8. The smallest absolute Gasteiger partial charge is 0.423 e. The van der Waals surface area contributed by atoms with E-state index in [1.807, 2.05) is 84.9 Å². The van der Waals surface area contributed by atoms with Gasteiger partial charge < -0.3 is 31.6 Å². The summed E-state index contributed by atoms with van der Waals surface area (Å²) in [4.78, 5) is 36.6. The summed E-state index contributed by atoms with van der Waals surface area (Å²) >= 11 is 11.9. The third-order valence-electron chi connectivity index (χ3n) is 12.0. The molecule has 10 N–H and O–H groups in total. The predicted octanol–water partition coefficient (Wildman–Crippen LogP) is 9.76. The third kappa shape index (κ3) is 22.0. The topological polar surface area (TPSA) is 383 Å². The van der Waals surface area contributed by atoms with Gasteiger partial charge in [0.15, 0.2) is 5.69 Å². The summed E-state index contributed by atoms with van der Waals surface area (Å²) in [6, 6.07) is 57.3. The van der Waals surface area contributed by atoms with E-state index in [-0.39, 0.29) is 11.7 Å². The standard InChI is InChI=1S/C18H16N6.C18H10N4.C11H6ClN3.C7H6BNO2.C6H3BrN2.C5H5BBrNO2/c19-17(20)12-3-1-11(2-4-12)15-7-5-13(9-23-15)16-8-6-14(10-24-16)18(21)22;1-20-16-6-3-14(4-7-16)17-9-5-15(12-22-17)18-8-2-13(10-19)11-21-18;12-11-4-2-9(7-15-11)10-3-1-8(5-13)6-14-10;9-5-6-1-3-7(4-2-6)8(10)11;7-6-2-1-5(3-8)4-9-6;7-5-2-1-4(3-8-5)6(9)10/h1-10H,(H3,19,20)(H3,21,22);2-9,11-12H;1-4,6-7H;1-4,10-11H;1-2,4H;1-3,9-10H. The summed E-state index contributed by atoms with van der Waals surface area (Å²) in [6.07, 6.45) is 12.7. The number of rotatable bonds is 9. The monoisotopic (exact) mass is 1340 g/mol. The van der Waals surface area contributed by atoms with Gasteiger partial charge in [0.2, 0.25) is 0 Å². The zero-order valence-electron chi connectivity index (χ0n) is 47.3. The van der Waals surface area contributed by atoms with E-state index in [1.165, 1.54) is 42.9 Å². The van der Waals surface area contributed by atoms with Crippen molar-refractivity contribution in [1.82, 2.24) is 39.9 Å². The molecule has 0 saturated carbocycles. The molecule has 26 heteroatoms. The van der Waals surface area contributed by atoms with Crippen LogP contribution in [0.15, 0.2) is 229 Å². The van der Waals surface area contributed by atoms with Crippen LogP contribution in [0.3, 0.4) is 0 Å². The lowest BCUT2D eigenvalue weighted by Gasteiger charge is -2.05. The Morgan fingerprint density at radius 1 is 0.396 bits per heavy atom. The zero-order valence-corrected chi connectivity index (χ0v) is 51.3. The minimum atomic E-state index is -1.46. The van der Waals surface area contributed by atoms with Gasteiger partial charge in [-0.15, -0.1) is 0 Å². The summed E-state index contributed by atoms with van der Waals surface area (Å²) in [6.45, 7) is 6.95. The fourth-order valence-corrected chi connectivity index (χ4v) is 7.76. The van der Waals surface area contributed by atoms with Gasteiger partial charge in [0.1, 0.15) is 44.2 Å². The molecule has 0 atom stereocenters. The van der Waals surface area contributed by atoms with E-state index in [2.05, 4.69) is 76.6 Å². The van der Waals surface area contributed by atoms with Crippen LogP contribution in [0.25, 0.3) is 61.1 Å². The van der Waals surface area contributed by atoms with Crippen LogP contribution in [0.2, 0.25) is 5.15 Å². The van der Waals surface area contributed by atoms with Crippen molar-refractivity contribution < 1.29 is 20.1 Å². The maximum atomic E-state index is 8.78. The number of hydrogen-bond donors (Lipinski definition) is 8. The highest BCUT2D eigenvalue weighted by atomic mass is 79.9. The first-order chi connectivity index (χ1) is 43.9. The van der Waals surface area contributed by atoms with Crippen molar-refractivity contribution in [2.45, 2.75) is 0 Å². The van der Waals surface area contributed by atoms with Crippen LogP contribution in [-0.2, 0) is 0 Å². The Bertz CT molecular complexity index is 4230. The molecule has 0 aliphatic carbocycles. The molecule has 11 rings (SSSR count). The number of nitrogens with two attached hydrogens (primary N) is 2. The average Bonchev–Trinajstić information content (AvgIpc) is 1.51. The zero-order chi connectivity index (χ0) is 65.7. The Balaban J connectivity index is 0.000000181. The fourth-order valence-electron chi connectivity index (χ4n) is 7.18. The van der Waals surface area contributed by atoms with E-state index >= 15 is 0 Å². The Hall–Kier alpha value is -11.5. The largest absolute Gasteiger partial charge is 0.490 e. The molecule has 0 spiro atoms. The Kier molecular flexibility index (Phi) is 26.6. The third-order valence-corrected chi connectivity index (χ3v) is 13.2. The molecule has 11 aromatic rings. The molecule has 0 bridgehead atoms. The molecule has 0 aliphatic heterocycles. The van der Waals surface area contributed by atoms with Crippen molar-refractivity contribution in [2.24, 2.45) is 11.5 Å². The molecule has 0 amide bonds. The SMILES string of the molecule is N#Cc1ccc(-c2ccc(Cl)nc2)nc1.N#Cc1ccc(B(O)O)cc1.N#Cc1ccc(Br)nc1.N=C(N)c1ccc(-c2ccc(-c3ccc(C(=N)N)cn3)cn2)cc1.OB(O)c1ccc(Br)nc1.[C-]#[N+]c1ccc(-c2ccc(-c3ccc(C#N)cn3)cn2)cc1. The second kappa shape index (κ2) is 35.3. The van der Waals surface area contributed by atoms with Gasteiger partial charge in [0.05, 0.1) is 63.4 Å². The Morgan fingerprint density at radius 2 is 0.736 bits per heavy atom. The number of nitrogens with zero attached hydrogens (tertiary/aromatic N) is 13. The maximum absolute atomic E-state index is 8.78. The van der Waals surface area contributed by atoms with Gasteiger partial charge >= 0.3 is 14.2 Å². The van der Waals surface area contributed by atoms with Crippen LogP contribution in [-0.4, -0.2) is 85.9 Å². The second-order valence-corrected chi connectivity index (χ2v) is 20.2. The van der Waals surface area contributed by atoms with Crippen LogP contribution in [0.4, 0.5) is 5.69 Å². The molecule has 3 aromatic carbocycles.